The lowest BCUT2D eigenvalue weighted by Gasteiger charge is -2.33. The lowest BCUT2D eigenvalue weighted by molar-refractivity contribution is -0.140. The summed E-state index contributed by atoms with van der Waals surface area (Å²) < 4.78 is 42.4. The van der Waals surface area contributed by atoms with Crippen LogP contribution in [-0.2, 0) is 26.2 Å². The fraction of sp³-hybridized carbons (Fsp3) is 0.355. The van der Waals surface area contributed by atoms with Crippen LogP contribution < -0.4 is 9.62 Å². The molecule has 7 nitrogen and oxygen atoms in total. The molecule has 0 heterocycles. The van der Waals surface area contributed by atoms with E-state index in [0.29, 0.717) is 17.7 Å². The molecule has 3 aromatic carbocycles. The summed E-state index contributed by atoms with van der Waals surface area (Å²) in [4.78, 5) is 29.0. The Labute approximate surface area is 236 Å². The summed E-state index contributed by atoms with van der Waals surface area (Å²) >= 11 is 0. The summed E-state index contributed by atoms with van der Waals surface area (Å²) in [7, 11) is -4.11. The molecule has 3 aromatic rings. The second-order valence-electron chi connectivity index (χ2n) is 10.2. The zero-order chi connectivity index (χ0) is 28.7. The van der Waals surface area contributed by atoms with Gasteiger partial charge in [0.05, 0.1) is 10.6 Å². The van der Waals surface area contributed by atoms with E-state index in [1.54, 1.807) is 48.5 Å². The van der Waals surface area contributed by atoms with Crippen molar-refractivity contribution in [2.24, 2.45) is 0 Å². The Balaban J connectivity index is 1.70. The Morgan fingerprint density at radius 1 is 0.975 bits per heavy atom. The Morgan fingerprint density at radius 3 is 2.27 bits per heavy atom. The van der Waals surface area contributed by atoms with Crippen molar-refractivity contribution < 1.29 is 22.4 Å². The molecular weight excluding hydrogens is 529 g/mol. The number of nitrogens with zero attached hydrogens (tertiary/aromatic N) is 2. The molecule has 0 bridgehead atoms. The van der Waals surface area contributed by atoms with E-state index in [2.05, 4.69) is 5.32 Å². The first-order valence-corrected chi connectivity index (χ1v) is 15.1. The van der Waals surface area contributed by atoms with Gasteiger partial charge in [-0.15, -0.1) is 0 Å². The van der Waals surface area contributed by atoms with Crippen molar-refractivity contribution in [1.82, 2.24) is 10.2 Å². The van der Waals surface area contributed by atoms with E-state index in [4.69, 9.17) is 0 Å². The number of aryl methyl sites for hydroxylation is 1. The number of rotatable bonds is 11. The maximum Gasteiger partial charge on any atom is 0.264 e. The van der Waals surface area contributed by atoms with Crippen LogP contribution in [0, 0.1) is 12.7 Å². The van der Waals surface area contributed by atoms with Gasteiger partial charge in [0.15, 0.2) is 0 Å². The van der Waals surface area contributed by atoms with E-state index in [9.17, 15) is 22.4 Å². The smallest absolute Gasteiger partial charge is 0.264 e. The SMILES string of the molecule is CCC(C(=O)NC1CCCC1)N(Cc1ccc(F)cc1)C(=O)CN(c1cccc(C)c1)S(=O)(=O)c1ccccc1. The number of amides is 2. The first-order valence-electron chi connectivity index (χ1n) is 13.7. The lowest BCUT2D eigenvalue weighted by atomic mass is 10.1. The average molecular weight is 566 g/mol. The fourth-order valence-corrected chi connectivity index (χ4v) is 6.53. The Kier molecular flexibility index (Phi) is 9.58. The molecule has 0 saturated heterocycles. The number of sulfonamides is 1. The highest BCUT2D eigenvalue weighted by molar-refractivity contribution is 7.92. The summed E-state index contributed by atoms with van der Waals surface area (Å²) in [5.74, 6) is -1.20. The van der Waals surface area contributed by atoms with Gasteiger partial charge in [0.2, 0.25) is 11.8 Å². The van der Waals surface area contributed by atoms with Gasteiger partial charge in [-0.3, -0.25) is 13.9 Å². The monoisotopic (exact) mass is 565 g/mol. The molecule has 2 amide bonds. The molecule has 1 saturated carbocycles. The second-order valence-corrected chi connectivity index (χ2v) is 12.1. The first kappa shape index (κ1) is 29.3. The molecule has 1 fully saturated rings. The van der Waals surface area contributed by atoms with Crippen LogP contribution in [0.25, 0.3) is 0 Å². The Hall–Kier alpha value is -3.72. The largest absolute Gasteiger partial charge is 0.352 e. The molecule has 4 rings (SSSR count). The van der Waals surface area contributed by atoms with Crippen molar-refractivity contribution >= 4 is 27.5 Å². The molecule has 212 valence electrons. The molecule has 1 atom stereocenters. The van der Waals surface area contributed by atoms with Gasteiger partial charge >= 0.3 is 0 Å². The van der Waals surface area contributed by atoms with Crippen LogP contribution in [0.15, 0.2) is 83.8 Å². The topological polar surface area (TPSA) is 86.8 Å². The van der Waals surface area contributed by atoms with Crippen LogP contribution in [0.4, 0.5) is 10.1 Å². The predicted molar refractivity (Wildman–Crippen MR) is 154 cm³/mol. The third-order valence-electron chi connectivity index (χ3n) is 7.25. The van der Waals surface area contributed by atoms with Gasteiger partial charge in [-0.05, 0) is 73.7 Å². The summed E-state index contributed by atoms with van der Waals surface area (Å²) in [6, 6.07) is 19.9. The van der Waals surface area contributed by atoms with Gasteiger partial charge in [-0.1, -0.05) is 62.2 Å². The van der Waals surface area contributed by atoms with E-state index in [1.165, 1.54) is 29.2 Å². The molecule has 1 N–H and O–H groups in total. The summed E-state index contributed by atoms with van der Waals surface area (Å²) in [6.45, 7) is 3.20. The Morgan fingerprint density at radius 2 is 1.65 bits per heavy atom. The number of halogens is 1. The molecule has 1 aliphatic carbocycles. The van der Waals surface area contributed by atoms with Crippen LogP contribution >= 0.6 is 0 Å². The van der Waals surface area contributed by atoms with E-state index < -0.39 is 34.3 Å². The summed E-state index contributed by atoms with van der Waals surface area (Å²) in [5, 5.41) is 3.08. The third-order valence-corrected chi connectivity index (χ3v) is 9.04. The number of carbonyl (C=O) groups is 2. The van der Waals surface area contributed by atoms with E-state index in [0.717, 1.165) is 35.6 Å². The number of hydrogen-bond donors (Lipinski definition) is 1. The van der Waals surface area contributed by atoms with Crippen molar-refractivity contribution in [3.63, 3.8) is 0 Å². The van der Waals surface area contributed by atoms with Crippen molar-refractivity contribution in [1.29, 1.82) is 0 Å². The number of hydrogen-bond acceptors (Lipinski definition) is 4. The minimum absolute atomic E-state index is 0.0305. The highest BCUT2D eigenvalue weighted by Gasteiger charge is 2.34. The fourth-order valence-electron chi connectivity index (χ4n) is 5.11. The molecule has 40 heavy (non-hydrogen) atoms. The molecule has 1 aliphatic rings. The molecule has 9 heteroatoms. The standard InChI is InChI=1S/C31H36FN3O4S/c1-3-29(31(37)33-26-11-7-8-12-26)34(21-24-16-18-25(32)19-17-24)30(36)22-35(27-13-9-10-23(2)20-27)40(38,39)28-14-5-4-6-15-28/h4-6,9-10,13-20,26,29H,3,7-8,11-12,21-22H2,1-2H3,(H,33,37). The van der Waals surface area contributed by atoms with Gasteiger partial charge < -0.3 is 10.2 Å². The van der Waals surface area contributed by atoms with Gasteiger partial charge in [0, 0.05) is 12.6 Å². The quantitative estimate of drug-likeness (QED) is 0.347. The maximum atomic E-state index is 14.1. The van der Waals surface area contributed by atoms with Crippen LogP contribution in [0.2, 0.25) is 0 Å². The highest BCUT2D eigenvalue weighted by atomic mass is 32.2. The van der Waals surface area contributed by atoms with Gasteiger partial charge in [-0.25, -0.2) is 12.8 Å². The molecule has 0 aliphatic heterocycles. The van der Waals surface area contributed by atoms with Crippen molar-refractivity contribution in [2.45, 2.75) is 69.5 Å². The van der Waals surface area contributed by atoms with E-state index >= 15 is 0 Å². The number of carbonyl (C=O) groups excluding carboxylic acids is 2. The first-order chi connectivity index (χ1) is 19.2. The second kappa shape index (κ2) is 13.1. The molecule has 0 aromatic heterocycles. The summed E-state index contributed by atoms with van der Waals surface area (Å²) in [5.41, 5.74) is 1.82. The predicted octanol–water partition coefficient (Wildman–Crippen LogP) is 5.20. The number of anilines is 1. The van der Waals surface area contributed by atoms with E-state index in [1.807, 2.05) is 19.9 Å². The normalized spacial score (nSPS) is 14.5. The highest BCUT2D eigenvalue weighted by Crippen LogP contribution is 2.26. The van der Waals surface area contributed by atoms with Crippen LogP contribution in [0.1, 0.15) is 50.2 Å². The zero-order valence-electron chi connectivity index (χ0n) is 22.9. The third kappa shape index (κ3) is 7.07. The minimum Gasteiger partial charge on any atom is -0.352 e. The number of nitrogens with one attached hydrogen (secondary N) is 1. The van der Waals surface area contributed by atoms with Crippen LogP contribution in [0.3, 0.4) is 0 Å². The van der Waals surface area contributed by atoms with Gasteiger partial charge in [0.1, 0.15) is 18.4 Å². The van der Waals surface area contributed by atoms with Gasteiger partial charge in [-0.2, -0.15) is 0 Å². The van der Waals surface area contributed by atoms with Crippen LogP contribution in [-0.4, -0.2) is 43.8 Å². The molecule has 0 radical (unpaired) electrons. The van der Waals surface area contributed by atoms with Crippen LogP contribution in [0.5, 0.6) is 0 Å². The van der Waals surface area contributed by atoms with Crippen molar-refractivity contribution in [2.75, 3.05) is 10.8 Å². The van der Waals surface area contributed by atoms with Gasteiger partial charge in [0.25, 0.3) is 10.0 Å². The maximum absolute atomic E-state index is 14.1. The Bertz CT molecular complexity index is 1410. The molecule has 1 unspecified atom stereocenters. The average Bonchev–Trinajstić information content (AvgIpc) is 3.46. The molecule has 0 spiro atoms. The summed E-state index contributed by atoms with van der Waals surface area (Å²) in [6.07, 6.45) is 4.21. The lowest BCUT2D eigenvalue weighted by Crippen LogP contribution is -2.53. The zero-order valence-corrected chi connectivity index (χ0v) is 23.7. The number of benzene rings is 3. The molecular formula is C31H36FN3O4S. The van der Waals surface area contributed by atoms with Crippen molar-refractivity contribution in [3.8, 4) is 0 Å². The minimum atomic E-state index is -4.11. The van der Waals surface area contributed by atoms with E-state index in [-0.39, 0.29) is 23.4 Å². The van der Waals surface area contributed by atoms with Crippen molar-refractivity contribution in [3.05, 3.63) is 95.8 Å².